The Morgan fingerprint density at radius 3 is 2.40 bits per heavy atom. The quantitative estimate of drug-likeness (QED) is 0.145. The normalized spacial score (nSPS) is 11.1. The second kappa shape index (κ2) is 11.0. The van der Waals surface area contributed by atoms with E-state index < -0.39 is 50.5 Å². The summed E-state index contributed by atoms with van der Waals surface area (Å²) in [5.41, 5.74) is -1.64. The number of nitrogens with zero attached hydrogens (tertiary/aromatic N) is 7. The Hall–Kier alpha value is -4.99. The molecule has 40 heavy (non-hydrogen) atoms. The fraction of sp³-hybridized carbons (Fsp3) is 0.125. The number of fused-ring (bicyclic) bond motifs is 1. The van der Waals surface area contributed by atoms with E-state index in [4.69, 9.17) is 9.47 Å². The van der Waals surface area contributed by atoms with Gasteiger partial charge >= 0.3 is 5.69 Å². The predicted octanol–water partition coefficient (Wildman–Crippen LogP) is 3.88. The summed E-state index contributed by atoms with van der Waals surface area (Å²) < 4.78 is 54.2. The molecule has 0 radical (unpaired) electrons. The number of benzene rings is 2. The van der Waals surface area contributed by atoms with Gasteiger partial charge in [-0.15, -0.1) is 9.73 Å². The lowest BCUT2D eigenvalue weighted by Gasteiger charge is -2.12. The molecule has 0 saturated carbocycles. The van der Waals surface area contributed by atoms with Gasteiger partial charge in [-0.25, -0.2) is 27.7 Å². The van der Waals surface area contributed by atoms with Crippen molar-refractivity contribution in [2.45, 2.75) is 17.5 Å². The summed E-state index contributed by atoms with van der Waals surface area (Å²) in [6, 6.07) is 8.18. The van der Waals surface area contributed by atoms with Gasteiger partial charge in [0, 0.05) is 23.4 Å². The van der Waals surface area contributed by atoms with E-state index in [2.05, 4.69) is 20.2 Å². The molecule has 0 aliphatic heterocycles. The highest BCUT2D eigenvalue weighted by Crippen LogP contribution is 2.27. The molecule has 0 amide bonds. The predicted molar refractivity (Wildman–Crippen MR) is 134 cm³/mol. The molecule has 12 nitrogen and oxygen atoms in total. The number of thioether (sulfide) groups is 1. The van der Waals surface area contributed by atoms with Crippen molar-refractivity contribution in [3.63, 3.8) is 0 Å². The van der Waals surface area contributed by atoms with E-state index in [1.54, 1.807) is 31.4 Å². The summed E-state index contributed by atoms with van der Waals surface area (Å²) in [4.78, 5) is 32.4. The van der Waals surface area contributed by atoms with Crippen molar-refractivity contribution in [3.05, 3.63) is 104 Å². The fourth-order valence-corrected chi connectivity index (χ4v) is 4.56. The highest BCUT2D eigenvalue weighted by Gasteiger charge is 2.25. The Morgan fingerprint density at radius 2 is 1.77 bits per heavy atom. The third kappa shape index (κ3) is 5.28. The number of nitro groups is 1. The molecular weight excluding hydrogens is 555 g/mol. The van der Waals surface area contributed by atoms with Gasteiger partial charge in [-0.05, 0) is 17.7 Å². The zero-order chi connectivity index (χ0) is 28.4. The number of hydrogen-bond donors (Lipinski definition) is 0. The van der Waals surface area contributed by atoms with E-state index in [1.165, 1.54) is 12.4 Å². The van der Waals surface area contributed by atoms with Crippen LogP contribution in [-0.2, 0) is 12.4 Å². The molecule has 0 aliphatic carbocycles. The first-order valence-electron chi connectivity index (χ1n) is 11.2. The van der Waals surface area contributed by atoms with Crippen LogP contribution in [0.4, 0.5) is 18.9 Å². The Kier molecular flexibility index (Phi) is 7.33. The molecule has 16 heteroatoms. The Labute approximate surface area is 226 Å². The van der Waals surface area contributed by atoms with Crippen molar-refractivity contribution in [1.82, 2.24) is 29.4 Å². The summed E-state index contributed by atoms with van der Waals surface area (Å²) in [6.07, 6.45) is 3.26. The summed E-state index contributed by atoms with van der Waals surface area (Å²) in [7, 11) is 1.55. The Bertz CT molecular complexity index is 1760. The van der Waals surface area contributed by atoms with Crippen LogP contribution in [0, 0.1) is 27.6 Å². The first kappa shape index (κ1) is 26.6. The van der Waals surface area contributed by atoms with Crippen molar-refractivity contribution < 1.29 is 27.6 Å². The van der Waals surface area contributed by atoms with E-state index in [0.717, 1.165) is 21.0 Å². The summed E-state index contributed by atoms with van der Waals surface area (Å²) in [6.45, 7) is 0.156. The summed E-state index contributed by atoms with van der Waals surface area (Å²) in [5.74, 6) is -3.07. The molecule has 3 aromatic heterocycles. The molecule has 5 aromatic rings. The molecule has 204 valence electrons. The molecule has 2 aromatic carbocycles. The molecule has 0 N–H and O–H groups in total. The number of hydrogen-bond acceptors (Lipinski definition) is 10. The standard InChI is InChI=1S/C24H16F3N7O5S/c1-38-15-4-2-13(3-5-15)11-39-21-10-28-20(9-29-21)32-23(35)22-19(34(36)37)8-30-33(22)31-24(32)40-12-16-17(26)6-14(25)7-18(16)27/h2-10H,11-12H2,1H3. The van der Waals surface area contributed by atoms with E-state index >= 15 is 0 Å². The Morgan fingerprint density at radius 1 is 1.05 bits per heavy atom. The van der Waals surface area contributed by atoms with Gasteiger partial charge in [-0.1, -0.05) is 23.9 Å². The highest BCUT2D eigenvalue weighted by molar-refractivity contribution is 7.98. The van der Waals surface area contributed by atoms with Gasteiger partial charge < -0.3 is 9.47 Å². The van der Waals surface area contributed by atoms with Gasteiger partial charge in [0.1, 0.15) is 36.0 Å². The third-order valence-electron chi connectivity index (χ3n) is 5.55. The van der Waals surface area contributed by atoms with Crippen LogP contribution in [0.1, 0.15) is 11.1 Å². The number of halogens is 3. The van der Waals surface area contributed by atoms with Crippen LogP contribution in [0.5, 0.6) is 11.6 Å². The van der Waals surface area contributed by atoms with Gasteiger partial charge in [0.2, 0.25) is 11.4 Å². The minimum atomic E-state index is -1.13. The fourth-order valence-electron chi connectivity index (χ4n) is 3.57. The lowest BCUT2D eigenvalue weighted by molar-refractivity contribution is -0.383. The molecule has 5 rings (SSSR count). The van der Waals surface area contributed by atoms with Crippen LogP contribution in [0.25, 0.3) is 11.3 Å². The zero-order valence-electron chi connectivity index (χ0n) is 20.3. The Balaban J connectivity index is 1.49. The van der Waals surface area contributed by atoms with Gasteiger partial charge in [-0.3, -0.25) is 14.9 Å². The van der Waals surface area contributed by atoms with Crippen molar-refractivity contribution in [2.75, 3.05) is 7.11 Å². The maximum atomic E-state index is 14.2. The average molecular weight is 571 g/mol. The van der Waals surface area contributed by atoms with E-state index in [1.807, 2.05) is 0 Å². The van der Waals surface area contributed by atoms with Gasteiger partial charge in [0.25, 0.3) is 5.56 Å². The molecule has 0 unspecified atom stereocenters. The lowest BCUT2D eigenvalue weighted by Crippen LogP contribution is -2.26. The third-order valence-corrected chi connectivity index (χ3v) is 6.50. The first-order valence-corrected chi connectivity index (χ1v) is 12.2. The van der Waals surface area contributed by atoms with Crippen molar-refractivity contribution in [1.29, 1.82) is 0 Å². The van der Waals surface area contributed by atoms with Crippen molar-refractivity contribution >= 4 is 23.0 Å². The number of methoxy groups -OCH3 is 1. The van der Waals surface area contributed by atoms with Crippen LogP contribution in [0.2, 0.25) is 0 Å². The smallest absolute Gasteiger partial charge is 0.322 e. The number of ether oxygens (including phenoxy) is 2. The number of aromatic nitrogens is 6. The monoisotopic (exact) mass is 571 g/mol. The molecule has 0 saturated heterocycles. The zero-order valence-corrected chi connectivity index (χ0v) is 21.1. The maximum absolute atomic E-state index is 14.2. The molecule has 3 heterocycles. The highest BCUT2D eigenvalue weighted by atomic mass is 32.2. The van der Waals surface area contributed by atoms with Crippen LogP contribution in [-0.4, -0.2) is 41.4 Å². The lowest BCUT2D eigenvalue weighted by atomic mass is 10.2. The first-order chi connectivity index (χ1) is 19.2. The molecular formula is C24H16F3N7O5S. The van der Waals surface area contributed by atoms with E-state index in [9.17, 15) is 28.1 Å². The SMILES string of the molecule is COc1ccc(COc2cnc(-n3c(SCc4c(F)cc(F)cc4F)nn4ncc([N+](=O)[O-])c4c3=O)cn2)cc1. The minimum Gasteiger partial charge on any atom is -0.497 e. The van der Waals surface area contributed by atoms with Crippen molar-refractivity contribution in [2.24, 2.45) is 0 Å². The minimum absolute atomic E-state index is 0.102. The molecule has 0 atom stereocenters. The van der Waals surface area contributed by atoms with Crippen LogP contribution < -0.4 is 15.0 Å². The largest absolute Gasteiger partial charge is 0.497 e. The van der Waals surface area contributed by atoms with Crippen LogP contribution >= 0.6 is 11.8 Å². The maximum Gasteiger partial charge on any atom is 0.322 e. The number of rotatable bonds is 9. The van der Waals surface area contributed by atoms with Gasteiger partial charge in [-0.2, -0.15) is 5.10 Å². The van der Waals surface area contributed by atoms with Crippen LogP contribution in [0.15, 0.2) is 64.9 Å². The molecule has 0 fully saturated rings. The average Bonchev–Trinajstić information content (AvgIpc) is 3.37. The van der Waals surface area contributed by atoms with Gasteiger partial charge in [0.15, 0.2) is 11.0 Å². The van der Waals surface area contributed by atoms with E-state index in [-0.39, 0.29) is 23.5 Å². The second-order valence-electron chi connectivity index (χ2n) is 8.03. The topological polar surface area (TPSA) is 140 Å². The molecule has 0 aliphatic rings. The van der Waals surface area contributed by atoms with Crippen molar-refractivity contribution in [3.8, 4) is 17.4 Å². The van der Waals surface area contributed by atoms with Crippen LogP contribution in [0.3, 0.4) is 0 Å². The molecule has 0 bridgehead atoms. The van der Waals surface area contributed by atoms with Gasteiger partial charge in [0.05, 0.1) is 24.4 Å². The molecule has 0 spiro atoms. The summed E-state index contributed by atoms with van der Waals surface area (Å²) in [5, 5.41) is 19.2. The van der Waals surface area contributed by atoms with E-state index in [0.29, 0.717) is 29.6 Å². The second-order valence-corrected chi connectivity index (χ2v) is 8.98. The summed E-state index contributed by atoms with van der Waals surface area (Å²) >= 11 is 0.700.